The lowest BCUT2D eigenvalue weighted by molar-refractivity contribution is -0.126. The number of halogens is 1. The maximum absolute atomic E-state index is 12.9. The number of imide groups is 1. The van der Waals surface area contributed by atoms with E-state index in [0.29, 0.717) is 12.2 Å². The first kappa shape index (κ1) is 17.0. The van der Waals surface area contributed by atoms with E-state index in [9.17, 15) is 9.59 Å². The molecule has 3 atom stereocenters. The van der Waals surface area contributed by atoms with Gasteiger partial charge in [-0.2, -0.15) is 0 Å². The lowest BCUT2D eigenvalue weighted by Gasteiger charge is -2.43. The van der Waals surface area contributed by atoms with Gasteiger partial charge in [-0.1, -0.05) is 33.7 Å². The third-order valence-electron chi connectivity index (χ3n) is 6.29. The third kappa shape index (κ3) is 2.64. The van der Waals surface area contributed by atoms with E-state index in [1.807, 2.05) is 18.2 Å². The number of carbonyl (C=O) groups excluding carboxylic acids is 2. The van der Waals surface area contributed by atoms with Crippen LogP contribution in [0.4, 0.5) is 4.79 Å². The molecule has 1 saturated heterocycles. The van der Waals surface area contributed by atoms with Crippen molar-refractivity contribution in [2.45, 2.75) is 50.2 Å². The number of ether oxygens (including phenoxy) is 1. The van der Waals surface area contributed by atoms with Crippen LogP contribution in [0.15, 0.2) is 46.0 Å². The molecule has 4 aliphatic rings. The molecule has 5 nitrogen and oxygen atoms in total. The molecule has 1 aromatic carbocycles. The van der Waals surface area contributed by atoms with Crippen LogP contribution in [0.3, 0.4) is 0 Å². The first-order valence-electron chi connectivity index (χ1n) is 9.55. The van der Waals surface area contributed by atoms with Crippen LogP contribution in [-0.2, 0) is 10.3 Å². The Morgan fingerprint density at radius 2 is 2.11 bits per heavy atom. The summed E-state index contributed by atoms with van der Waals surface area (Å²) in [4.78, 5) is 24.9. The first-order valence-corrected chi connectivity index (χ1v) is 10.3. The van der Waals surface area contributed by atoms with Gasteiger partial charge in [0.15, 0.2) is 5.54 Å². The van der Waals surface area contributed by atoms with Gasteiger partial charge in [-0.25, -0.2) is 4.79 Å². The summed E-state index contributed by atoms with van der Waals surface area (Å²) in [6.07, 6.45) is 10.4. The average molecular weight is 429 g/mol. The molecular formula is C21H21BrN2O3. The molecular weight excluding hydrogens is 408 g/mol. The van der Waals surface area contributed by atoms with E-state index in [1.54, 1.807) is 0 Å². The molecule has 0 aromatic heterocycles. The molecule has 5 rings (SSSR count). The lowest BCUT2D eigenvalue weighted by Crippen LogP contribution is -2.52. The highest BCUT2D eigenvalue weighted by Gasteiger charge is 2.54. The molecule has 3 amide bonds. The van der Waals surface area contributed by atoms with Crippen molar-refractivity contribution >= 4 is 27.9 Å². The van der Waals surface area contributed by atoms with E-state index >= 15 is 0 Å². The van der Waals surface area contributed by atoms with Gasteiger partial charge < -0.3 is 10.1 Å². The van der Waals surface area contributed by atoms with Crippen molar-refractivity contribution < 1.29 is 14.3 Å². The van der Waals surface area contributed by atoms with E-state index in [1.165, 1.54) is 11.1 Å². The predicted octanol–water partition coefficient (Wildman–Crippen LogP) is 4.08. The summed E-state index contributed by atoms with van der Waals surface area (Å²) in [6.45, 7) is 0. The van der Waals surface area contributed by atoms with Crippen LogP contribution in [0.25, 0.3) is 0 Å². The molecule has 6 heteroatoms. The van der Waals surface area contributed by atoms with Crippen molar-refractivity contribution in [1.82, 2.24) is 10.6 Å². The normalized spacial score (nSPS) is 31.9. The summed E-state index contributed by atoms with van der Waals surface area (Å²) in [6, 6.07) is 5.24. The number of hydrogen-bond donors (Lipinski definition) is 2. The number of rotatable bonds is 1. The third-order valence-corrected chi connectivity index (χ3v) is 6.78. The second-order valence-electron chi connectivity index (χ2n) is 7.81. The quantitative estimate of drug-likeness (QED) is 0.662. The summed E-state index contributed by atoms with van der Waals surface area (Å²) < 4.78 is 7.28. The Morgan fingerprint density at radius 3 is 2.93 bits per heavy atom. The molecule has 1 spiro atoms. The number of fused-ring (bicyclic) bond motifs is 2. The van der Waals surface area contributed by atoms with E-state index in [2.05, 4.69) is 38.7 Å². The van der Waals surface area contributed by atoms with E-state index in [4.69, 9.17) is 4.74 Å². The predicted molar refractivity (Wildman–Crippen MR) is 104 cm³/mol. The fraction of sp³-hybridized carbons (Fsp3) is 0.429. The van der Waals surface area contributed by atoms with Crippen LogP contribution in [-0.4, -0.2) is 18.0 Å². The number of amides is 3. The van der Waals surface area contributed by atoms with Crippen LogP contribution < -0.4 is 15.4 Å². The zero-order valence-corrected chi connectivity index (χ0v) is 16.5. The molecule has 0 saturated carbocycles. The van der Waals surface area contributed by atoms with Gasteiger partial charge >= 0.3 is 6.03 Å². The van der Waals surface area contributed by atoms with Gasteiger partial charge in [0.1, 0.15) is 11.9 Å². The minimum atomic E-state index is -1.06. The largest absolute Gasteiger partial charge is 0.489 e. The maximum Gasteiger partial charge on any atom is 0.322 e. The molecule has 27 heavy (non-hydrogen) atoms. The number of carbonyl (C=O) groups is 2. The maximum atomic E-state index is 12.9. The molecule has 2 aliphatic carbocycles. The number of urea groups is 1. The second-order valence-corrected chi connectivity index (χ2v) is 8.73. The molecule has 2 N–H and O–H groups in total. The van der Waals surface area contributed by atoms with Crippen LogP contribution in [0, 0.1) is 5.92 Å². The summed E-state index contributed by atoms with van der Waals surface area (Å²) in [5.41, 5.74) is 2.59. The van der Waals surface area contributed by atoms with Crippen molar-refractivity contribution in [3.63, 3.8) is 0 Å². The molecule has 1 aromatic rings. The van der Waals surface area contributed by atoms with Crippen molar-refractivity contribution in [1.29, 1.82) is 0 Å². The smallest absolute Gasteiger partial charge is 0.322 e. The molecule has 140 valence electrons. The molecule has 0 bridgehead atoms. The van der Waals surface area contributed by atoms with Crippen molar-refractivity contribution in [3.05, 3.63) is 51.5 Å². The van der Waals surface area contributed by atoms with E-state index in [0.717, 1.165) is 42.1 Å². The Bertz CT molecular complexity index is 907. The monoisotopic (exact) mass is 428 g/mol. The minimum absolute atomic E-state index is 0.143. The topological polar surface area (TPSA) is 67.4 Å². The Labute approximate surface area is 166 Å². The number of allylic oxidation sites excluding steroid dienone is 3. The Morgan fingerprint density at radius 1 is 1.22 bits per heavy atom. The summed E-state index contributed by atoms with van der Waals surface area (Å²) in [7, 11) is 0. The Balaban J connectivity index is 1.59. The molecule has 2 heterocycles. The highest BCUT2D eigenvalue weighted by atomic mass is 79.9. The number of hydrogen-bond acceptors (Lipinski definition) is 3. The van der Waals surface area contributed by atoms with Gasteiger partial charge in [0.05, 0.1) is 0 Å². The minimum Gasteiger partial charge on any atom is -0.489 e. The highest BCUT2D eigenvalue weighted by molar-refractivity contribution is 9.10. The zero-order valence-electron chi connectivity index (χ0n) is 14.9. The van der Waals surface area contributed by atoms with Gasteiger partial charge in [0, 0.05) is 22.4 Å². The second kappa shape index (κ2) is 6.23. The lowest BCUT2D eigenvalue weighted by atomic mass is 9.71. The number of nitrogens with one attached hydrogen (secondary N) is 2. The van der Waals surface area contributed by atoms with Crippen LogP contribution in [0.5, 0.6) is 5.75 Å². The van der Waals surface area contributed by atoms with Crippen molar-refractivity contribution in [2.24, 2.45) is 5.92 Å². The molecule has 0 radical (unpaired) electrons. The van der Waals surface area contributed by atoms with Gasteiger partial charge in [-0.15, -0.1) is 0 Å². The summed E-state index contributed by atoms with van der Waals surface area (Å²) in [5.74, 6) is 0.646. The fourth-order valence-electron chi connectivity index (χ4n) is 5.07. The van der Waals surface area contributed by atoms with Gasteiger partial charge in [-0.05, 0) is 55.9 Å². The fourth-order valence-corrected chi connectivity index (χ4v) is 5.43. The average Bonchev–Trinajstić information content (AvgIpc) is 2.95. The highest BCUT2D eigenvalue weighted by Crippen LogP contribution is 2.48. The van der Waals surface area contributed by atoms with Crippen molar-refractivity contribution in [3.8, 4) is 5.75 Å². The van der Waals surface area contributed by atoms with Gasteiger partial charge in [-0.3, -0.25) is 10.1 Å². The van der Waals surface area contributed by atoms with Crippen LogP contribution in [0.1, 0.15) is 44.1 Å². The number of benzene rings is 1. The standard InChI is InChI=1S/C21H21BrN2O3/c22-13-8-9-17-16(10-13)21(19(25)23-20(26)24-21)11-18(27-17)15-7-3-5-12-4-1-2-6-14(12)15/h2,6,8-10,15,18H,1,3-5,7,11H2,(H2,23,24,25,26). The molecule has 2 aliphatic heterocycles. The van der Waals surface area contributed by atoms with Crippen LogP contribution in [0.2, 0.25) is 0 Å². The molecule has 1 fully saturated rings. The first-order chi connectivity index (χ1) is 13.1. The van der Waals surface area contributed by atoms with Gasteiger partial charge in [0.25, 0.3) is 5.91 Å². The SMILES string of the molecule is O=C1NC(=O)C2(CC(C3CCCC4=C3C=CCC4)Oc3ccc(Br)cc32)N1. The molecule has 3 unspecified atom stereocenters. The Kier molecular flexibility index (Phi) is 3.93. The van der Waals surface area contributed by atoms with E-state index < -0.39 is 11.6 Å². The van der Waals surface area contributed by atoms with Crippen molar-refractivity contribution in [2.75, 3.05) is 0 Å². The van der Waals surface area contributed by atoms with E-state index in [-0.39, 0.29) is 17.9 Å². The summed E-state index contributed by atoms with van der Waals surface area (Å²) in [5, 5.41) is 5.34. The Hall–Kier alpha value is -2.08. The van der Waals surface area contributed by atoms with Crippen LogP contribution >= 0.6 is 15.9 Å². The summed E-state index contributed by atoms with van der Waals surface area (Å²) >= 11 is 3.48. The van der Waals surface area contributed by atoms with Gasteiger partial charge in [0.2, 0.25) is 0 Å². The zero-order chi connectivity index (χ0) is 18.6.